The molecule has 1 aliphatic heterocycles. The lowest BCUT2D eigenvalue weighted by atomic mass is 9.83. The Morgan fingerprint density at radius 1 is 0.550 bits per heavy atom. The lowest BCUT2D eigenvalue weighted by Crippen LogP contribution is -2.26. The first kappa shape index (κ1) is 77.6. The first-order chi connectivity index (χ1) is 48.5. The van der Waals surface area contributed by atoms with Crippen molar-refractivity contribution in [2.45, 2.75) is 50.7 Å². The van der Waals surface area contributed by atoms with Gasteiger partial charge >= 0.3 is 5.97 Å². The quantitative estimate of drug-likeness (QED) is 0.0138. The van der Waals surface area contributed by atoms with Gasteiger partial charge in [-0.15, -0.1) is 0 Å². The largest absolute Gasteiger partial charge is 0.464 e. The van der Waals surface area contributed by atoms with Crippen molar-refractivity contribution < 1.29 is 64.8 Å². The molecule has 23 heteroatoms. The molecule has 11 rings (SSSR count). The first-order valence-electron chi connectivity index (χ1n) is 32.8. The third-order valence-electron chi connectivity index (χ3n) is 15.9. The predicted molar refractivity (Wildman–Crippen MR) is 410 cm³/mol. The van der Waals surface area contributed by atoms with Gasteiger partial charge in [0.1, 0.15) is 12.4 Å². The van der Waals surface area contributed by atoms with Gasteiger partial charge in [-0.25, -0.2) is 0 Å². The molecule has 0 fully saturated rings. The summed E-state index contributed by atoms with van der Waals surface area (Å²) in [6, 6.07) is 56.3. The molecule has 2 heterocycles. The van der Waals surface area contributed by atoms with Crippen molar-refractivity contribution in [2.24, 2.45) is 5.92 Å². The lowest BCUT2D eigenvalue weighted by Gasteiger charge is -2.20. The number of hydrogen-bond acceptors (Lipinski definition) is 21. The number of para-hydroxylation sites is 2. The van der Waals surface area contributed by atoms with Crippen molar-refractivity contribution in [1.82, 2.24) is 9.88 Å². The van der Waals surface area contributed by atoms with Gasteiger partial charge in [0.25, 0.3) is 5.91 Å². The molecule has 0 saturated carbocycles. The minimum absolute atomic E-state index is 0.152. The van der Waals surface area contributed by atoms with E-state index in [0.717, 1.165) is 65.1 Å². The van der Waals surface area contributed by atoms with Crippen molar-refractivity contribution in [2.75, 3.05) is 107 Å². The lowest BCUT2D eigenvalue weighted by molar-refractivity contribution is -0.146. The number of carbonyl (C=O) groups is 4. The van der Waals surface area contributed by atoms with Crippen LogP contribution in [0.4, 0.5) is 22.7 Å². The van der Waals surface area contributed by atoms with Crippen LogP contribution in [0, 0.1) is 5.92 Å². The molecule has 9 aromatic rings. The third-order valence-corrected chi connectivity index (χ3v) is 20.6. The Bertz CT molecular complexity index is 4140. The average molecular weight is 1430 g/mol. The number of rotatable bonds is 32. The highest BCUT2D eigenvalue weighted by Crippen LogP contribution is 2.35. The number of nitrogens with one attached hydrogen (secondary N) is 5. The number of aryl methyl sites for hydroxylation is 3. The summed E-state index contributed by atoms with van der Waals surface area (Å²) in [4.78, 5) is 50.7. The maximum Gasteiger partial charge on any atom is 0.309 e. The van der Waals surface area contributed by atoms with Crippen LogP contribution in [0.25, 0.3) is 32.6 Å². The van der Waals surface area contributed by atoms with E-state index in [2.05, 4.69) is 135 Å². The van der Waals surface area contributed by atoms with Gasteiger partial charge in [0, 0.05) is 90.8 Å². The molecule has 0 radical (unpaired) electrons. The molecule has 19 nitrogen and oxygen atoms in total. The zero-order valence-electron chi connectivity index (χ0n) is 55.8. The molecule has 5 atom stereocenters. The van der Waals surface area contributed by atoms with Crippen LogP contribution in [0.15, 0.2) is 201 Å². The minimum Gasteiger partial charge on any atom is -0.464 e. The summed E-state index contributed by atoms with van der Waals surface area (Å²) in [7, 11) is 0. The van der Waals surface area contributed by atoms with Crippen LogP contribution in [0.3, 0.4) is 0 Å². The molecule has 1 aliphatic carbocycles. The number of ketones is 2. The van der Waals surface area contributed by atoms with Crippen molar-refractivity contribution in [3.63, 3.8) is 0 Å². The Labute approximate surface area is 599 Å². The number of carbonyl (C=O) groups excluding carboxylic acids is 4. The fourth-order valence-electron chi connectivity index (χ4n) is 10.8. The smallest absolute Gasteiger partial charge is 0.309 e. The number of nitrogens with zero attached hydrogens (tertiary/aromatic N) is 1. The van der Waals surface area contributed by atoms with Gasteiger partial charge in [0.15, 0.2) is 11.6 Å². The Morgan fingerprint density at radius 2 is 1.08 bits per heavy atom. The summed E-state index contributed by atoms with van der Waals surface area (Å²) in [5, 5.41) is 92.9. The number of esters is 1. The first-order valence-corrected chi connectivity index (χ1v) is 37.5. The van der Waals surface area contributed by atoms with Gasteiger partial charge < -0.3 is 76.7 Å². The number of aliphatic hydroxyl groups excluding tert-OH is 8. The Kier molecular flexibility index (Phi) is 31.3. The number of amides is 1. The molecule has 100 heavy (non-hydrogen) atoms. The fourth-order valence-corrected chi connectivity index (χ4v) is 14.5. The van der Waals surface area contributed by atoms with Crippen LogP contribution in [0.5, 0.6) is 0 Å². The number of aromatic nitrogens is 1. The zero-order chi connectivity index (χ0) is 71.3. The highest BCUT2D eigenvalue weighted by molar-refractivity contribution is 7.99. The van der Waals surface area contributed by atoms with Crippen LogP contribution in [0.2, 0.25) is 0 Å². The molecule has 8 aromatic carbocycles. The SMILES string of the molecule is C=C(NCCOC(=O)C(C)CSCC(O)CO)Nc1ccc2c(c1)NC(=C)N2.O=C(Nc1cccc2c1C(=O)c1ccccc1C2=O)c1ccc(CCSCC(O)CO)cc1.OCC(O)CSCCc1cccc2ccccc12.OCC(O)CSCCn1c2ccccc2c2ccccc21. The number of anilines is 4. The highest BCUT2D eigenvalue weighted by Gasteiger charge is 2.32. The maximum absolute atomic E-state index is 13.1. The van der Waals surface area contributed by atoms with Crippen molar-refractivity contribution >= 4 is 126 Å². The van der Waals surface area contributed by atoms with E-state index in [-0.39, 0.29) is 73.5 Å². The van der Waals surface area contributed by atoms with E-state index in [1.165, 1.54) is 49.9 Å². The molecule has 1 amide bonds. The maximum atomic E-state index is 13.1. The molecular weight excluding hydrogens is 1350 g/mol. The second kappa shape index (κ2) is 40.3. The van der Waals surface area contributed by atoms with Crippen LogP contribution in [0.1, 0.15) is 60.3 Å². The molecule has 0 saturated heterocycles. The van der Waals surface area contributed by atoms with Gasteiger partial charge in [-0.2, -0.15) is 47.0 Å². The van der Waals surface area contributed by atoms with E-state index in [1.807, 2.05) is 30.3 Å². The standard InChI is InChI=1S/C26H23NO5S.C19H28N4O4S.C17H19NO2S.C15H18O2S/c28-14-18(29)15-33-13-12-16-8-10-17(11-9-16)26(32)27-22-7-3-6-21-23(22)25(31)20-5-2-1-4-19(20)24(21)30;1-12(10-28-11-16(25)9-24)19(26)27-7-6-20-13(2)21-15-4-5-17-18(8-15)23-14(3)22-17;19-11-13(20)12-21-10-9-18-16-7-3-1-5-14(16)15-6-2-4-8-17(15)18;16-10-14(17)11-18-9-8-13-6-3-5-12-4-1-2-7-15(12)13/h1-11,18,28-29H,12-15H2,(H,27,32);4-5,8,12,16,20-25H,2-3,6-7,9-11H2,1H3;1-8,13,19-20H,9-12H2;1-7,14,16-17H,8-11H2. The third kappa shape index (κ3) is 22.7. The molecule has 13 N–H and O–H groups in total. The molecule has 5 unspecified atom stereocenters. The van der Waals surface area contributed by atoms with E-state index in [1.54, 1.807) is 96.8 Å². The normalized spacial score (nSPS) is 13.4. The number of fused-ring (bicyclic) bond motifs is 7. The Morgan fingerprint density at radius 3 is 1.72 bits per heavy atom. The summed E-state index contributed by atoms with van der Waals surface area (Å²) >= 11 is 6.31. The van der Waals surface area contributed by atoms with E-state index in [4.69, 9.17) is 25.2 Å². The monoisotopic (exact) mass is 1430 g/mol. The van der Waals surface area contributed by atoms with E-state index in [0.29, 0.717) is 63.5 Å². The predicted octanol–water partition coefficient (Wildman–Crippen LogP) is 10.4. The Hall–Kier alpha value is -8.14. The summed E-state index contributed by atoms with van der Waals surface area (Å²) in [6.45, 7) is 10.2. The molecule has 1 aromatic heterocycles. The number of thioether (sulfide) groups is 4. The van der Waals surface area contributed by atoms with Crippen LogP contribution >= 0.6 is 47.0 Å². The molecule has 2 aliphatic rings. The summed E-state index contributed by atoms with van der Waals surface area (Å²) in [6.07, 6.45) is -0.916. The van der Waals surface area contributed by atoms with Gasteiger partial charge in [-0.05, 0) is 94.8 Å². The highest BCUT2D eigenvalue weighted by atomic mass is 32.2. The summed E-state index contributed by atoms with van der Waals surface area (Å²) < 4.78 is 7.57. The minimum atomic E-state index is -0.757. The van der Waals surface area contributed by atoms with Crippen LogP contribution < -0.4 is 26.6 Å². The summed E-state index contributed by atoms with van der Waals surface area (Å²) in [5.41, 5.74) is 9.65. The molecule has 528 valence electrons. The number of hydrogen-bond donors (Lipinski definition) is 13. The van der Waals surface area contributed by atoms with Crippen molar-refractivity contribution in [1.29, 1.82) is 0 Å². The number of aliphatic hydroxyl groups is 8. The molecule has 0 spiro atoms. The number of benzene rings is 8. The van der Waals surface area contributed by atoms with Crippen LogP contribution in [-0.2, 0) is 28.9 Å². The van der Waals surface area contributed by atoms with Gasteiger partial charge in [0.05, 0.1) is 91.8 Å². The van der Waals surface area contributed by atoms with Crippen molar-refractivity contribution in [3.05, 3.63) is 240 Å². The van der Waals surface area contributed by atoms with Gasteiger partial charge in [-0.3, -0.25) is 19.2 Å². The van der Waals surface area contributed by atoms with E-state index in [9.17, 15) is 39.6 Å². The topological polar surface area (TPSA) is 304 Å². The van der Waals surface area contributed by atoms with Crippen LogP contribution in [-0.4, -0.2) is 179 Å². The van der Waals surface area contributed by atoms with E-state index >= 15 is 0 Å². The van der Waals surface area contributed by atoms with E-state index < -0.39 is 24.4 Å². The summed E-state index contributed by atoms with van der Waals surface area (Å²) in [5.74, 6) is 5.14. The van der Waals surface area contributed by atoms with Gasteiger partial charge in [-0.1, -0.05) is 147 Å². The average Bonchev–Trinajstić information content (AvgIpc) is 1.11. The van der Waals surface area contributed by atoms with Crippen molar-refractivity contribution in [3.8, 4) is 0 Å². The Balaban J connectivity index is 0.000000174. The molecule has 0 bridgehead atoms. The second-order valence-corrected chi connectivity index (χ2v) is 28.1. The number of ether oxygens (including phenoxy) is 1. The second-order valence-electron chi connectivity index (χ2n) is 23.6. The molecular formula is C77H88N6O13S4. The fraction of sp³-hybridized carbons (Fsp3) is 0.299. The zero-order valence-corrected chi connectivity index (χ0v) is 59.0. The van der Waals surface area contributed by atoms with Gasteiger partial charge in [0.2, 0.25) is 0 Å².